The van der Waals surface area contributed by atoms with E-state index in [0.29, 0.717) is 18.1 Å². The van der Waals surface area contributed by atoms with Crippen LogP contribution in [0.5, 0.6) is 0 Å². The van der Waals surface area contributed by atoms with Crippen molar-refractivity contribution in [2.75, 3.05) is 6.61 Å². The lowest BCUT2D eigenvalue weighted by molar-refractivity contribution is 0.230. The minimum Gasteiger partial charge on any atom is -0.396 e. The predicted molar refractivity (Wildman–Crippen MR) is 65.8 cm³/mol. The number of rotatable bonds is 5. The van der Waals surface area contributed by atoms with Crippen molar-refractivity contribution in [2.24, 2.45) is 0 Å². The van der Waals surface area contributed by atoms with Crippen LogP contribution in [0.4, 0.5) is 4.79 Å². The van der Waals surface area contributed by atoms with Crippen LogP contribution in [0.1, 0.15) is 18.9 Å². The summed E-state index contributed by atoms with van der Waals surface area (Å²) in [5, 5.41) is 14.5. The molecule has 6 heteroatoms. The topological polar surface area (TPSA) is 74.2 Å². The molecule has 1 heterocycles. The number of nitrogens with one attached hydrogen (secondary N) is 2. The number of aliphatic hydroxyl groups is 1. The fourth-order valence-electron chi connectivity index (χ4n) is 1.23. The first-order chi connectivity index (χ1) is 8.11. The highest BCUT2D eigenvalue weighted by Crippen LogP contribution is 2.04. The average molecular weight is 258 g/mol. The number of carbonyl (C=O) groups is 1. The summed E-state index contributed by atoms with van der Waals surface area (Å²) in [6, 6.07) is 3.15. The summed E-state index contributed by atoms with van der Waals surface area (Å²) in [5.41, 5.74) is 0.874. The molecule has 0 saturated carbocycles. The van der Waals surface area contributed by atoms with Gasteiger partial charge in [-0.15, -0.1) is 0 Å². The average Bonchev–Trinajstić information content (AvgIpc) is 2.28. The van der Waals surface area contributed by atoms with Gasteiger partial charge in [0.05, 0.1) is 0 Å². The van der Waals surface area contributed by atoms with Crippen molar-refractivity contribution in [3.63, 3.8) is 0 Å². The highest BCUT2D eigenvalue weighted by molar-refractivity contribution is 6.29. The minimum absolute atomic E-state index is 0.0525. The Hall–Kier alpha value is -1.33. The molecule has 94 valence electrons. The summed E-state index contributed by atoms with van der Waals surface area (Å²) in [7, 11) is 0. The summed E-state index contributed by atoms with van der Waals surface area (Å²) >= 11 is 5.64. The molecule has 1 aromatic heterocycles. The van der Waals surface area contributed by atoms with Gasteiger partial charge in [-0.2, -0.15) is 0 Å². The van der Waals surface area contributed by atoms with Gasteiger partial charge >= 0.3 is 6.03 Å². The summed E-state index contributed by atoms with van der Waals surface area (Å²) in [6.07, 6.45) is 2.15. The van der Waals surface area contributed by atoms with Gasteiger partial charge in [-0.25, -0.2) is 9.78 Å². The molecule has 0 spiro atoms. The Kier molecular flexibility index (Phi) is 5.72. The number of amides is 2. The van der Waals surface area contributed by atoms with Crippen molar-refractivity contribution < 1.29 is 9.90 Å². The Morgan fingerprint density at radius 3 is 2.94 bits per heavy atom. The number of nitrogens with zero attached hydrogens (tertiary/aromatic N) is 1. The Bertz CT molecular complexity index is 356. The number of hydrogen-bond donors (Lipinski definition) is 3. The Morgan fingerprint density at radius 2 is 2.35 bits per heavy atom. The molecule has 0 bridgehead atoms. The molecule has 0 aliphatic heterocycles. The van der Waals surface area contributed by atoms with Crippen LogP contribution in [0, 0.1) is 0 Å². The van der Waals surface area contributed by atoms with Crippen LogP contribution in [-0.2, 0) is 6.54 Å². The van der Waals surface area contributed by atoms with E-state index in [1.54, 1.807) is 18.3 Å². The number of carbonyl (C=O) groups excluding carboxylic acids is 1. The monoisotopic (exact) mass is 257 g/mol. The third-order valence-electron chi connectivity index (χ3n) is 2.18. The molecular formula is C11H16ClN3O2. The van der Waals surface area contributed by atoms with E-state index in [4.69, 9.17) is 16.7 Å². The largest absolute Gasteiger partial charge is 0.396 e. The zero-order chi connectivity index (χ0) is 12.7. The van der Waals surface area contributed by atoms with Crippen LogP contribution < -0.4 is 10.6 Å². The lowest BCUT2D eigenvalue weighted by atomic mass is 10.2. The molecule has 0 aliphatic carbocycles. The van der Waals surface area contributed by atoms with E-state index < -0.39 is 0 Å². The molecule has 0 aliphatic rings. The van der Waals surface area contributed by atoms with E-state index in [9.17, 15) is 4.79 Å². The van der Waals surface area contributed by atoms with Crippen molar-refractivity contribution >= 4 is 17.6 Å². The van der Waals surface area contributed by atoms with Crippen LogP contribution in [0.2, 0.25) is 5.15 Å². The lowest BCUT2D eigenvalue weighted by Gasteiger charge is -2.13. The number of aliphatic hydroxyl groups excluding tert-OH is 1. The first kappa shape index (κ1) is 13.7. The third kappa shape index (κ3) is 5.51. The lowest BCUT2D eigenvalue weighted by Crippen LogP contribution is -2.40. The molecule has 0 aromatic carbocycles. The normalized spacial score (nSPS) is 11.9. The maximum atomic E-state index is 11.4. The summed E-state index contributed by atoms with van der Waals surface area (Å²) < 4.78 is 0. The number of aromatic nitrogens is 1. The first-order valence-corrected chi connectivity index (χ1v) is 5.75. The molecule has 5 nitrogen and oxygen atoms in total. The van der Waals surface area contributed by atoms with Crippen molar-refractivity contribution in [3.05, 3.63) is 29.0 Å². The predicted octanol–water partition coefficient (Wildman–Crippen LogP) is 1.31. The van der Waals surface area contributed by atoms with Gasteiger partial charge in [0.25, 0.3) is 0 Å². The molecule has 0 saturated heterocycles. The fourth-order valence-corrected chi connectivity index (χ4v) is 1.35. The maximum Gasteiger partial charge on any atom is 0.315 e. The number of urea groups is 1. The number of pyridine rings is 1. The molecule has 2 amide bonds. The van der Waals surface area contributed by atoms with E-state index in [-0.39, 0.29) is 18.7 Å². The van der Waals surface area contributed by atoms with Crippen LogP contribution in [0.3, 0.4) is 0 Å². The smallest absolute Gasteiger partial charge is 0.315 e. The van der Waals surface area contributed by atoms with Gasteiger partial charge < -0.3 is 15.7 Å². The van der Waals surface area contributed by atoms with Crippen LogP contribution in [0.25, 0.3) is 0 Å². The second-order valence-electron chi connectivity index (χ2n) is 3.73. The Morgan fingerprint density at radius 1 is 1.59 bits per heavy atom. The zero-order valence-corrected chi connectivity index (χ0v) is 10.4. The van der Waals surface area contributed by atoms with Crippen molar-refractivity contribution in [1.82, 2.24) is 15.6 Å². The standard InChI is InChI=1S/C11H16ClN3O2/c1-8(4-5-16)15-11(17)14-7-9-2-3-10(12)13-6-9/h2-3,6,8,16H,4-5,7H2,1H3,(H2,14,15,17)/t8-/m1/s1. The third-order valence-corrected chi connectivity index (χ3v) is 2.40. The van der Waals surface area contributed by atoms with E-state index in [0.717, 1.165) is 5.56 Å². The van der Waals surface area contributed by atoms with Crippen molar-refractivity contribution in [2.45, 2.75) is 25.9 Å². The van der Waals surface area contributed by atoms with Gasteiger partial charge in [0, 0.05) is 25.4 Å². The molecule has 0 fully saturated rings. The second-order valence-corrected chi connectivity index (χ2v) is 4.12. The van der Waals surface area contributed by atoms with Gasteiger partial charge in [-0.05, 0) is 25.0 Å². The van der Waals surface area contributed by atoms with Crippen molar-refractivity contribution in [3.8, 4) is 0 Å². The molecule has 0 unspecified atom stereocenters. The molecule has 1 atom stereocenters. The van der Waals surface area contributed by atoms with Crippen LogP contribution in [-0.4, -0.2) is 28.8 Å². The van der Waals surface area contributed by atoms with Crippen molar-refractivity contribution in [1.29, 1.82) is 0 Å². The molecule has 1 aromatic rings. The molecule has 1 rings (SSSR count). The molecular weight excluding hydrogens is 242 g/mol. The van der Waals surface area contributed by atoms with Gasteiger partial charge in [-0.1, -0.05) is 17.7 Å². The number of halogens is 1. The molecule has 17 heavy (non-hydrogen) atoms. The summed E-state index contributed by atoms with van der Waals surface area (Å²) in [5.74, 6) is 0. The van der Waals surface area contributed by atoms with Crippen LogP contribution >= 0.6 is 11.6 Å². The number of hydrogen-bond acceptors (Lipinski definition) is 3. The first-order valence-electron chi connectivity index (χ1n) is 5.37. The quantitative estimate of drug-likeness (QED) is 0.696. The second kappa shape index (κ2) is 7.09. The Balaban J connectivity index is 2.30. The highest BCUT2D eigenvalue weighted by Gasteiger charge is 2.05. The van der Waals surface area contributed by atoms with Gasteiger partial charge in [0.15, 0.2) is 0 Å². The fraction of sp³-hybridized carbons (Fsp3) is 0.455. The highest BCUT2D eigenvalue weighted by atomic mass is 35.5. The van der Waals surface area contributed by atoms with E-state index >= 15 is 0 Å². The summed E-state index contributed by atoms with van der Waals surface area (Å²) in [4.78, 5) is 15.3. The van der Waals surface area contributed by atoms with E-state index in [2.05, 4.69) is 15.6 Å². The van der Waals surface area contributed by atoms with Crippen LogP contribution in [0.15, 0.2) is 18.3 Å². The van der Waals surface area contributed by atoms with E-state index in [1.165, 1.54) is 0 Å². The minimum atomic E-state index is -0.263. The Labute approximate surface area is 105 Å². The maximum absolute atomic E-state index is 11.4. The van der Waals surface area contributed by atoms with Gasteiger partial charge in [-0.3, -0.25) is 0 Å². The summed E-state index contributed by atoms with van der Waals surface area (Å²) in [6.45, 7) is 2.28. The zero-order valence-electron chi connectivity index (χ0n) is 9.61. The van der Waals surface area contributed by atoms with E-state index in [1.807, 2.05) is 6.92 Å². The van der Waals surface area contributed by atoms with Gasteiger partial charge in [0.2, 0.25) is 0 Å². The molecule has 3 N–H and O–H groups in total. The molecule has 0 radical (unpaired) electrons. The van der Waals surface area contributed by atoms with Gasteiger partial charge in [0.1, 0.15) is 5.15 Å². The SMILES string of the molecule is C[C@H](CCO)NC(=O)NCc1ccc(Cl)nc1.